The van der Waals surface area contributed by atoms with Gasteiger partial charge in [0.1, 0.15) is 5.82 Å². The van der Waals surface area contributed by atoms with Gasteiger partial charge in [-0.25, -0.2) is 0 Å². The summed E-state index contributed by atoms with van der Waals surface area (Å²) in [6.45, 7) is 1.46. The lowest BCUT2D eigenvalue weighted by molar-refractivity contribution is 0.103. The molecule has 1 aromatic heterocycles. The van der Waals surface area contributed by atoms with Crippen LogP contribution in [0.1, 0.15) is 17.3 Å². The first-order valence-electron chi connectivity index (χ1n) is 4.87. The van der Waals surface area contributed by atoms with Crippen LogP contribution in [-0.2, 0) is 17.8 Å². The summed E-state index contributed by atoms with van der Waals surface area (Å²) < 4.78 is 7.53. The quantitative estimate of drug-likeness (QED) is 0.747. The van der Waals surface area contributed by atoms with Crippen molar-refractivity contribution in [2.45, 2.75) is 19.1 Å². The first-order valence-corrected chi connectivity index (χ1v) is 6.03. The van der Waals surface area contributed by atoms with Gasteiger partial charge in [0, 0.05) is 23.5 Å². The maximum absolute atomic E-state index is 5.88. The van der Waals surface area contributed by atoms with E-state index in [9.17, 15) is 0 Å². The largest absolute Gasteiger partial charge is 0.382 e. The van der Waals surface area contributed by atoms with Crippen molar-refractivity contribution in [3.05, 3.63) is 11.3 Å². The normalized spacial score (nSPS) is 21.7. The van der Waals surface area contributed by atoms with Crippen molar-refractivity contribution < 1.29 is 4.74 Å². The molecule has 0 spiro atoms. The molecule has 2 aliphatic rings. The number of fused-ring (bicyclic) bond motifs is 1. The lowest BCUT2D eigenvalue weighted by Crippen LogP contribution is -2.26. The van der Waals surface area contributed by atoms with Crippen LogP contribution >= 0.6 is 11.8 Å². The van der Waals surface area contributed by atoms with Crippen LogP contribution in [0.5, 0.6) is 0 Å². The van der Waals surface area contributed by atoms with Crippen molar-refractivity contribution in [1.82, 2.24) is 9.78 Å². The maximum atomic E-state index is 5.88. The molecular weight excluding hydrogens is 198 g/mol. The Bertz CT molecular complexity index is 359. The molecule has 14 heavy (non-hydrogen) atoms. The van der Waals surface area contributed by atoms with Gasteiger partial charge in [0.15, 0.2) is 0 Å². The van der Waals surface area contributed by atoms with Crippen molar-refractivity contribution in [1.29, 1.82) is 0 Å². The van der Waals surface area contributed by atoms with Gasteiger partial charge in [-0.1, -0.05) is 0 Å². The Kier molecular flexibility index (Phi) is 1.95. The lowest BCUT2D eigenvalue weighted by atomic mass is 10.1. The molecule has 5 heteroatoms. The minimum absolute atomic E-state index is 0.549. The summed E-state index contributed by atoms with van der Waals surface area (Å²) in [5.74, 6) is 3.03. The summed E-state index contributed by atoms with van der Waals surface area (Å²) in [5.41, 5.74) is 8.31. The smallest absolute Gasteiger partial charge is 0.149 e. The van der Waals surface area contributed by atoms with Gasteiger partial charge in [-0.2, -0.15) is 16.9 Å². The number of nitrogens with zero attached hydrogens (tertiary/aromatic N) is 2. The molecular formula is C9H13N3OS. The molecule has 1 fully saturated rings. The van der Waals surface area contributed by atoms with Crippen LogP contribution in [0.4, 0.5) is 5.82 Å². The molecule has 1 saturated heterocycles. The van der Waals surface area contributed by atoms with Crippen LogP contribution < -0.4 is 5.73 Å². The van der Waals surface area contributed by atoms with Gasteiger partial charge in [0.25, 0.3) is 0 Å². The van der Waals surface area contributed by atoms with Gasteiger partial charge < -0.3 is 10.5 Å². The summed E-state index contributed by atoms with van der Waals surface area (Å²) in [7, 11) is 0. The predicted octanol–water partition coefficient (Wildman–Crippen LogP) is 0.826. The molecule has 0 amide bonds. The summed E-state index contributed by atoms with van der Waals surface area (Å²) in [4.78, 5) is 0. The predicted molar refractivity (Wildman–Crippen MR) is 56.4 cm³/mol. The maximum Gasteiger partial charge on any atom is 0.149 e. The molecule has 0 aliphatic carbocycles. The summed E-state index contributed by atoms with van der Waals surface area (Å²) >= 11 is 1.96. The second-order valence-corrected chi connectivity index (χ2v) is 4.82. The van der Waals surface area contributed by atoms with Crippen LogP contribution in [0, 0.1) is 0 Å². The molecule has 2 aliphatic heterocycles. The monoisotopic (exact) mass is 211 g/mol. The molecule has 0 aromatic carbocycles. The van der Waals surface area contributed by atoms with Gasteiger partial charge in [-0.15, -0.1) is 0 Å². The minimum atomic E-state index is 0.549. The Morgan fingerprint density at radius 1 is 1.50 bits per heavy atom. The molecule has 76 valence electrons. The van der Waals surface area contributed by atoms with Crippen molar-refractivity contribution >= 4 is 17.6 Å². The molecule has 2 N–H and O–H groups in total. The molecule has 3 heterocycles. The summed E-state index contributed by atoms with van der Waals surface area (Å²) in [6.07, 6.45) is 0.918. The zero-order chi connectivity index (χ0) is 9.54. The van der Waals surface area contributed by atoms with Crippen molar-refractivity contribution in [3.8, 4) is 0 Å². The van der Waals surface area contributed by atoms with E-state index in [-0.39, 0.29) is 0 Å². The zero-order valence-electron chi connectivity index (χ0n) is 7.90. The van der Waals surface area contributed by atoms with Crippen molar-refractivity contribution in [2.75, 3.05) is 23.8 Å². The number of ether oxygens (including phenoxy) is 1. The van der Waals surface area contributed by atoms with E-state index in [0.717, 1.165) is 24.5 Å². The highest BCUT2D eigenvalue weighted by Crippen LogP contribution is 2.33. The Morgan fingerprint density at radius 2 is 2.36 bits per heavy atom. The molecule has 0 radical (unpaired) electrons. The number of hydrogen-bond acceptors (Lipinski definition) is 4. The molecule has 0 atom stereocenters. The van der Waals surface area contributed by atoms with Gasteiger partial charge in [0.05, 0.1) is 24.9 Å². The van der Waals surface area contributed by atoms with E-state index in [2.05, 4.69) is 9.78 Å². The number of thioether (sulfide) groups is 1. The Balaban J connectivity index is 2.02. The standard InChI is InChI=1S/C9H13N3OS/c10-9-7-1-2-13-3-8(7)12(11-9)6-4-14-5-6/h6H,1-5H2,(H2,10,11). The molecule has 0 bridgehead atoms. The third-order valence-electron chi connectivity index (χ3n) is 2.85. The van der Waals surface area contributed by atoms with E-state index in [1.165, 1.54) is 11.3 Å². The van der Waals surface area contributed by atoms with E-state index >= 15 is 0 Å². The Hall–Kier alpha value is -0.680. The highest BCUT2D eigenvalue weighted by atomic mass is 32.2. The molecule has 1 aromatic rings. The van der Waals surface area contributed by atoms with Crippen LogP contribution in [0.3, 0.4) is 0 Å². The van der Waals surface area contributed by atoms with Gasteiger partial charge in [-0.3, -0.25) is 4.68 Å². The Morgan fingerprint density at radius 3 is 3.07 bits per heavy atom. The fourth-order valence-corrected chi connectivity index (χ4v) is 2.69. The Labute approximate surface area is 86.8 Å². The lowest BCUT2D eigenvalue weighted by Gasteiger charge is -2.27. The second kappa shape index (κ2) is 3.17. The van der Waals surface area contributed by atoms with Gasteiger partial charge in [0.2, 0.25) is 0 Å². The van der Waals surface area contributed by atoms with Gasteiger partial charge in [-0.05, 0) is 0 Å². The van der Waals surface area contributed by atoms with Crippen LogP contribution in [0.15, 0.2) is 0 Å². The summed E-state index contributed by atoms with van der Waals surface area (Å²) in [5, 5.41) is 4.42. The number of anilines is 1. The SMILES string of the molecule is Nc1nn(C2CSC2)c2c1CCOC2. The average molecular weight is 211 g/mol. The molecule has 0 saturated carbocycles. The van der Waals surface area contributed by atoms with Gasteiger partial charge >= 0.3 is 0 Å². The van der Waals surface area contributed by atoms with E-state index < -0.39 is 0 Å². The topological polar surface area (TPSA) is 53.1 Å². The summed E-state index contributed by atoms with van der Waals surface area (Å²) in [6, 6.07) is 0.549. The van der Waals surface area contributed by atoms with E-state index in [1.807, 2.05) is 11.8 Å². The van der Waals surface area contributed by atoms with E-state index in [4.69, 9.17) is 10.5 Å². The third kappa shape index (κ3) is 1.15. The number of aromatic nitrogens is 2. The highest BCUT2D eigenvalue weighted by Gasteiger charge is 2.27. The fourth-order valence-electron chi connectivity index (χ4n) is 1.96. The first-order chi connectivity index (χ1) is 6.86. The first kappa shape index (κ1) is 8.61. The van der Waals surface area contributed by atoms with Crippen molar-refractivity contribution in [2.24, 2.45) is 0 Å². The number of hydrogen-bond donors (Lipinski definition) is 1. The fraction of sp³-hybridized carbons (Fsp3) is 0.667. The minimum Gasteiger partial charge on any atom is -0.382 e. The highest BCUT2D eigenvalue weighted by molar-refractivity contribution is 8.00. The number of nitrogen functional groups attached to an aromatic ring is 1. The third-order valence-corrected chi connectivity index (χ3v) is 4.09. The zero-order valence-corrected chi connectivity index (χ0v) is 8.72. The average Bonchev–Trinajstić information content (AvgIpc) is 2.43. The molecule has 4 nitrogen and oxygen atoms in total. The van der Waals surface area contributed by atoms with E-state index in [0.29, 0.717) is 18.5 Å². The number of rotatable bonds is 1. The molecule has 0 unspecified atom stereocenters. The molecule has 3 rings (SSSR count). The van der Waals surface area contributed by atoms with Crippen LogP contribution in [0.25, 0.3) is 0 Å². The van der Waals surface area contributed by atoms with E-state index in [1.54, 1.807) is 0 Å². The van der Waals surface area contributed by atoms with Crippen molar-refractivity contribution in [3.63, 3.8) is 0 Å². The van der Waals surface area contributed by atoms with Crippen LogP contribution in [0.2, 0.25) is 0 Å². The number of nitrogens with two attached hydrogens (primary N) is 1. The second-order valence-electron chi connectivity index (χ2n) is 3.75. The van der Waals surface area contributed by atoms with Crippen LogP contribution in [-0.4, -0.2) is 27.9 Å².